The molecular weight excluding hydrogens is 370 g/mol. The summed E-state index contributed by atoms with van der Waals surface area (Å²) in [6.45, 7) is 2.49. The number of halogens is 2. The molecule has 1 N–H and O–H groups in total. The summed E-state index contributed by atoms with van der Waals surface area (Å²) in [5, 5.41) is 3.56. The zero-order valence-electron chi connectivity index (χ0n) is 11.5. The molecule has 0 aliphatic carbocycles. The van der Waals surface area contributed by atoms with Crippen LogP contribution >= 0.6 is 39.3 Å². The zero-order valence-corrected chi connectivity index (χ0v) is 14.7. The van der Waals surface area contributed by atoms with Gasteiger partial charge in [0, 0.05) is 20.9 Å². The van der Waals surface area contributed by atoms with Crippen LogP contribution in [0, 0.1) is 6.92 Å². The van der Waals surface area contributed by atoms with Gasteiger partial charge in [0.2, 0.25) is 5.91 Å². The lowest BCUT2D eigenvalue weighted by Crippen LogP contribution is -2.24. The lowest BCUT2D eigenvalue weighted by molar-refractivity contribution is -0.118. The first-order valence-electron chi connectivity index (χ1n) is 6.45. The van der Waals surface area contributed by atoms with Gasteiger partial charge in [0.15, 0.2) is 0 Å². The molecule has 21 heavy (non-hydrogen) atoms. The summed E-state index contributed by atoms with van der Waals surface area (Å²) in [7, 11) is 0. The van der Waals surface area contributed by atoms with Crippen molar-refractivity contribution in [3.8, 4) is 0 Å². The van der Waals surface area contributed by atoms with Crippen LogP contribution in [-0.4, -0.2) is 11.7 Å². The Balaban J connectivity index is 1.84. The number of benzene rings is 2. The fourth-order valence-electron chi connectivity index (χ4n) is 1.80. The molecule has 0 unspecified atom stereocenters. The lowest BCUT2D eigenvalue weighted by atomic mass is 10.2. The van der Waals surface area contributed by atoms with Crippen molar-refractivity contribution in [3.63, 3.8) is 0 Å². The molecule has 2 aromatic carbocycles. The molecule has 2 aromatic rings. The van der Waals surface area contributed by atoms with Gasteiger partial charge in [0.25, 0.3) is 0 Å². The molecule has 0 aromatic heterocycles. The predicted octanol–water partition coefficient (Wildman–Crippen LogP) is 4.82. The van der Waals surface area contributed by atoms with Crippen molar-refractivity contribution in [1.29, 1.82) is 0 Å². The lowest BCUT2D eigenvalue weighted by Gasteiger charge is -2.08. The summed E-state index contributed by atoms with van der Waals surface area (Å²) in [4.78, 5) is 13.0. The Morgan fingerprint density at radius 1 is 1.29 bits per heavy atom. The van der Waals surface area contributed by atoms with E-state index in [2.05, 4.69) is 21.2 Å². The zero-order chi connectivity index (χ0) is 15.2. The minimum atomic E-state index is 0.00207. The highest BCUT2D eigenvalue weighted by molar-refractivity contribution is 9.10. The standard InChI is InChI=1S/C16H15BrClNOS/c1-11-8-13(17)6-7-15(11)21-10-16(20)19-9-12-4-2-3-5-14(12)18/h2-8H,9-10H2,1H3,(H,19,20). The van der Waals surface area contributed by atoms with Gasteiger partial charge in [-0.1, -0.05) is 45.7 Å². The van der Waals surface area contributed by atoms with Gasteiger partial charge in [0.05, 0.1) is 5.75 Å². The van der Waals surface area contributed by atoms with Crippen LogP contribution in [0.5, 0.6) is 0 Å². The van der Waals surface area contributed by atoms with E-state index in [0.29, 0.717) is 17.3 Å². The number of rotatable bonds is 5. The average molecular weight is 385 g/mol. The second-order valence-corrected chi connectivity index (χ2v) is 6.91. The molecule has 2 rings (SSSR count). The monoisotopic (exact) mass is 383 g/mol. The Labute approximate surface area is 142 Å². The van der Waals surface area contributed by atoms with E-state index in [1.807, 2.05) is 49.4 Å². The highest BCUT2D eigenvalue weighted by atomic mass is 79.9. The molecule has 0 saturated heterocycles. The number of hydrogen-bond acceptors (Lipinski definition) is 2. The van der Waals surface area contributed by atoms with Crippen LogP contribution in [-0.2, 0) is 11.3 Å². The van der Waals surface area contributed by atoms with Gasteiger partial charge in [0.1, 0.15) is 0 Å². The molecule has 0 fully saturated rings. The Bertz CT molecular complexity index is 648. The molecule has 1 amide bonds. The molecular formula is C16H15BrClNOS. The first-order chi connectivity index (χ1) is 10.1. The minimum absolute atomic E-state index is 0.00207. The second-order valence-electron chi connectivity index (χ2n) is 4.57. The van der Waals surface area contributed by atoms with E-state index in [4.69, 9.17) is 11.6 Å². The Kier molecular flexibility index (Phi) is 6.15. The maximum Gasteiger partial charge on any atom is 0.230 e. The third-order valence-corrected chi connectivity index (χ3v) is 4.97. The van der Waals surface area contributed by atoms with Crippen molar-refractivity contribution >= 4 is 45.2 Å². The fourth-order valence-corrected chi connectivity index (χ4v) is 3.32. The number of aryl methyl sites for hydroxylation is 1. The highest BCUT2D eigenvalue weighted by Crippen LogP contribution is 2.25. The largest absolute Gasteiger partial charge is 0.351 e. The fraction of sp³-hybridized carbons (Fsp3) is 0.188. The van der Waals surface area contributed by atoms with Gasteiger partial charge in [-0.15, -0.1) is 11.8 Å². The van der Waals surface area contributed by atoms with Gasteiger partial charge in [-0.3, -0.25) is 4.79 Å². The van der Waals surface area contributed by atoms with Gasteiger partial charge >= 0.3 is 0 Å². The summed E-state index contributed by atoms with van der Waals surface area (Å²) < 4.78 is 1.05. The van der Waals surface area contributed by atoms with Gasteiger partial charge in [-0.2, -0.15) is 0 Å². The molecule has 0 aliphatic heterocycles. The molecule has 110 valence electrons. The average Bonchev–Trinajstić information content (AvgIpc) is 2.45. The van der Waals surface area contributed by atoms with Crippen LogP contribution in [0.4, 0.5) is 0 Å². The van der Waals surface area contributed by atoms with Crippen molar-refractivity contribution in [2.24, 2.45) is 0 Å². The molecule has 2 nitrogen and oxygen atoms in total. The molecule has 0 aliphatic rings. The van der Waals surface area contributed by atoms with Gasteiger partial charge < -0.3 is 5.32 Å². The van der Waals surface area contributed by atoms with E-state index in [1.165, 1.54) is 11.8 Å². The molecule has 0 bridgehead atoms. The molecule has 5 heteroatoms. The number of nitrogens with one attached hydrogen (secondary N) is 1. The topological polar surface area (TPSA) is 29.1 Å². The third-order valence-electron chi connectivity index (χ3n) is 2.93. The molecule has 0 saturated carbocycles. The van der Waals surface area contributed by atoms with E-state index in [1.54, 1.807) is 0 Å². The Morgan fingerprint density at radius 3 is 2.76 bits per heavy atom. The normalized spacial score (nSPS) is 10.4. The van der Waals surface area contributed by atoms with Crippen LogP contribution < -0.4 is 5.32 Å². The maximum atomic E-state index is 11.9. The van der Waals surface area contributed by atoms with Crippen molar-refractivity contribution in [3.05, 3.63) is 63.1 Å². The van der Waals surface area contributed by atoms with Crippen molar-refractivity contribution in [2.45, 2.75) is 18.4 Å². The quantitative estimate of drug-likeness (QED) is 0.749. The number of amides is 1. The molecule has 0 spiro atoms. The predicted molar refractivity (Wildman–Crippen MR) is 92.9 cm³/mol. The Hall–Kier alpha value is -0.970. The van der Waals surface area contributed by atoms with Crippen molar-refractivity contribution in [2.75, 3.05) is 5.75 Å². The maximum absolute atomic E-state index is 11.9. The second kappa shape index (κ2) is 7.87. The molecule has 0 atom stereocenters. The van der Waals surface area contributed by atoms with Crippen LogP contribution in [0.2, 0.25) is 5.02 Å². The SMILES string of the molecule is Cc1cc(Br)ccc1SCC(=O)NCc1ccccc1Cl. The summed E-state index contributed by atoms with van der Waals surface area (Å²) >= 11 is 11.0. The van der Waals surface area contributed by atoms with Crippen LogP contribution in [0.3, 0.4) is 0 Å². The van der Waals surface area contributed by atoms with Gasteiger partial charge in [-0.25, -0.2) is 0 Å². The smallest absolute Gasteiger partial charge is 0.230 e. The van der Waals surface area contributed by atoms with E-state index in [-0.39, 0.29) is 5.91 Å². The number of carbonyl (C=O) groups is 1. The number of thioether (sulfide) groups is 1. The number of carbonyl (C=O) groups excluding carboxylic acids is 1. The summed E-state index contributed by atoms with van der Waals surface area (Å²) in [6.07, 6.45) is 0. The van der Waals surface area contributed by atoms with Crippen LogP contribution in [0.25, 0.3) is 0 Å². The minimum Gasteiger partial charge on any atom is -0.351 e. The summed E-state index contributed by atoms with van der Waals surface area (Å²) in [5.74, 6) is 0.398. The summed E-state index contributed by atoms with van der Waals surface area (Å²) in [5.41, 5.74) is 2.09. The highest BCUT2D eigenvalue weighted by Gasteiger charge is 2.06. The van der Waals surface area contributed by atoms with E-state index in [0.717, 1.165) is 20.5 Å². The van der Waals surface area contributed by atoms with Crippen LogP contribution in [0.1, 0.15) is 11.1 Å². The molecule has 0 heterocycles. The third kappa shape index (κ3) is 5.06. The Morgan fingerprint density at radius 2 is 2.05 bits per heavy atom. The van der Waals surface area contributed by atoms with E-state index >= 15 is 0 Å². The first-order valence-corrected chi connectivity index (χ1v) is 8.61. The first kappa shape index (κ1) is 16.4. The van der Waals surface area contributed by atoms with E-state index < -0.39 is 0 Å². The molecule has 0 radical (unpaired) electrons. The van der Waals surface area contributed by atoms with Gasteiger partial charge in [-0.05, 0) is 42.3 Å². The van der Waals surface area contributed by atoms with E-state index in [9.17, 15) is 4.79 Å². The van der Waals surface area contributed by atoms with Crippen molar-refractivity contribution in [1.82, 2.24) is 5.32 Å². The number of hydrogen-bond donors (Lipinski definition) is 1. The van der Waals surface area contributed by atoms with Crippen molar-refractivity contribution < 1.29 is 4.79 Å². The van der Waals surface area contributed by atoms with Crippen LogP contribution in [0.15, 0.2) is 51.8 Å². The summed E-state index contributed by atoms with van der Waals surface area (Å²) in [6, 6.07) is 13.6.